The molecule has 0 radical (unpaired) electrons. The molecule has 2 aliphatic rings. The molecule has 2 aliphatic heterocycles. The third-order valence-electron chi connectivity index (χ3n) is 4.51. The number of furan rings is 1. The predicted molar refractivity (Wildman–Crippen MR) is 88.8 cm³/mol. The number of likely N-dealkylation sites (tertiary alicyclic amines) is 1. The zero-order chi connectivity index (χ0) is 16.2. The fourth-order valence-electron chi connectivity index (χ4n) is 3.09. The Kier molecular flexibility index (Phi) is 5.27. The zero-order valence-electron chi connectivity index (χ0n) is 13.4. The van der Waals surface area contributed by atoms with Crippen molar-refractivity contribution in [1.82, 2.24) is 14.7 Å². The van der Waals surface area contributed by atoms with Gasteiger partial charge in [-0.3, -0.25) is 9.59 Å². The highest BCUT2D eigenvalue weighted by molar-refractivity contribution is 8.00. The molecule has 2 saturated heterocycles. The zero-order valence-corrected chi connectivity index (χ0v) is 14.3. The van der Waals surface area contributed by atoms with Gasteiger partial charge in [-0.25, -0.2) is 0 Å². The van der Waals surface area contributed by atoms with Crippen molar-refractivity contribution in [2.75, 3.05) is 38.3 Å². The third-order valence-corrected chi connectivity index (χ3v) is 5.45. The summed E-state index contributed by atoms with van der Waals surface area (Å²) in [5.74, 6) is 1.97. The van der Waals surface area contributed by atoms with Crippen LogP contribution in [0.3, 0.4) is 0 Å². The van der Waals surface area contributed by atoms with Gasteiger partial charge in [-0.1, -0.05) is 0 Å². The molecule has 0 N–H and O–H groups in total. The Hall–Kier alpha value is -1.47. The van der Waals surface area contributed by atoms with E-state index >= 15 is 0 Å². The smallest absolute Gasteiger partial charge is 0.242 e. The van der Waals surface area contributed by atoms with Gasteiger partial charge in [0, 0.05) is 6.04 Å². The Morgan fingerprint density at radius 1 is 1.43 bits per heavy atom. The minimum Gasteiger partial charge on any atom is -0.467 e. The SMILES string of the molecule is CN1CCC(N(Cc2ccco2)C(=O)CN2CSCC2=O)CC1. The van der Waals surface area contributed by atoms with Crippen molar-refractivity contribution in [1.29, 1.82) is 0 Å². The Bertz CT molecular complexity index is 541. The second-order valence-electron chi connectivity index (χ2n) is 6.20. The lowest BCUT2D eigenvalue weighted by Crippen LogP contribution is -2.49. The number of piperidine rings is 1. The molecule has 23 heavy (non-hydrogen) atoms. The number of hydrogen-bond acceptors (Lipinski definition) is 5. The van der Waals surface area contributed by atoms with Crippen LogP contribution in [0.25, 0.3) is 0 Å². The highest BCUT2D eigenvalue weighted by atomic mass is 32.2. The summed E-state index contributed by atoms with van der Waals surface area (Å²) in [5.41, 5.74) is 0. The molecule has 0 aliphatic carbocycles. The van der Waals surface area contributed by atoms with Crippen LogP contribution in [0.1, 0.15) is 18.6 Å². The first-order chi connectivity index (χ1) is 11.1. The fourth-order valence-corrected chi connectivity index (χ4v) is 4.00. The highest BCUT2D eigenvalue weighted by Gasteiger charge is 2.31. The molecule has 3 heterocycles. The lowest BCUT2D eigenvalue weighted by molar-refractivity contribution is -0.141. The summed E-state index contributed by atoms with van der Waals surface area (Å²) < 4.78 is 5.43. The van der Waals surface area contributed by atoms with Crippen LogP contribution in [0.4, 0.5) is 0 Å². The summed E-state index contributed by atoms with van der Waals surface area (Å²) in [7, 11) is 2.11. The Morgan fingerprint density at radius 2 is 2.22 bits per heavy atom. The van der Waals surface area contributed by atoms with Gasteiger partial charge >= 0.3 is 0 Å². The average molecular weight is 337 g/mol. The molecule has 2 fully saturated rings. The first kappa shape index (κ1) is 16.4. The summed E-state index contributed by atoms with van der Waals surface area (Å²) >= 11 is 1.57. The Balaban J connectivity index is 1.68. The van der Waals surface area contributed by atoms with Gasteiger partial charge in [0.2, 0.25) is 11.8 Å². The van der Waals surface area contributed by atoms with Crippen molar-refractivity contribution in [2.24, 2.45) is 0 Å². The lowest BCUT2D eigenvalue weighted by Gasteiger charge is -2.37. The molecule has 3 rings (SSSR count). The van der Waals surface area contributed by atoms with Crippen LogP contribution in [-0.4, -0.2) is 70.9 Å². The van der Waals surface area contributed by atoms with Crippen molar-refractivity contribution in [2.45, 2.75) is 25.4 Å². The van der Waals surface area contributed by atoms with Crippen LogP contribution in [0, 0.1) is 0 Å². The van der Waals surface area contributed by atoms with Gasteiger partial charge in [0.25, 0.3) is 0 Å². The van der Waals surface area contributed by atoms with Crippen LogP contribution < -0.4 is 0 Å². The van der Waals surface area contributed by atoms with Crippen LogP contribution in [-0.2, 0) is 16.1 Å². The third kappa shape index (κ3) is 4.09. The van der Waals surface area contributed by atoms with Crippen LogP contribution in [0.2, 0.25) is 0 Å². The maximum atomic E-state index is 12.8. The summed E-state index contributed by atoms with van der Waals surface area (Å²) in [6.45, 7) is 2.64. The molecule has 6 nitrogen and oxygen atoms in total. The van der Waals surface area contributed by atoms with Crippen molar-refractivity contribution in [3.05, 3.63) is 24.2 Å². The maximum Gasteiger partial charge on any atom is 0.242 e. The van der Waals surface area contributed by atoms with Gasteiger partial charge in [-0.05, 0) is 45.1 Å². The molecule has 126 valence electrons. The Morgan fingerprint density at radius 3 is 2.83 bits per heavy atom. The van der Waals surface area contributed by atoms with Gasteiger partial charge in [-0.15, -0.1) is 11.8 Å². The number of thioether (sulfide) groups is 1. The fraction of sp³-hybridized carbons (Fsp3) is 0.625. The van der Waals surface area contributed by atoms with E-state index in [1.807, 2.05) is 17.0 Å². The molecular formula is C16H23N3O3S. The largest absolute Gasteiger partial charge is 0.467 e. The van der Waals surface area contributed by atoms with Gasteiger partial charge in [0.15, 0.2) is 0 Å². The second-order valence-corrected chi connectivity index (χ2v) is 7.16. The Labute approximate surface area is 140 Å². The molecule has 0 spiro atoms. The number of nitrogens with zero attached hydrogens (tertiary/aromatic N) is 3. The average Bonchev–Trinajstić information content (AvgIpc) is 3.18. The number of hydrogen-bond donors (Lipinski definition) is 0. The van der Waals surface area contributed by atoms with Gasteiger partial charge in [0.1, 0.15) is 12.3 Å². The molecule has 1 aromatic heterocycles. The van der Waals surface area contributed by atoms with E-state index in [0.717, 1.165) is 31.7 Å². The number of carbonyl (C=O) groups is 2. The normalized spacial score (nSPS) is 20.2. The first-order valence-electron chi connectivity index (χ1n) is 7.99. The van der Waals surface area contributed by atoms with Crippen molar-refractivity contribution in [3.8, 4) is 0 Å². The van der Waals surface area contributed by atoms with E-state index in [0.29, 0.717) is 18.2 Å². The molecule has 0 atom stereocenters. The maximum absolute atomic E-state index is 12.8. The summed E-state index contributed by atoms with van der Waals surface area (Å²) in [4.78, 5) is 30.4. The molecule has 7 heteroatoms. The minimum atomic E-state index is 0.0202. The van der Waals surface area contributed by atoms with E-state index in [1.165, 1.54) is 0 Å². The van der Waals surface area contributed by atoms with E-state index in [1.54, 1.807) is 22.9 Å². The van der Waals surface area contributed by atoms with E-state index in [2.05, 4.69) is 11.9 Å². The molecule has 0 saturated carbocycles. The van der Waals surface area contributed by atoms with E-state index in [9.17, 15) is 9.59 Å². The highest BCUT2D eigenvalue weighted by Crippen LogP contribution is 2.21. The molecule has 0 bridgehead atoms. The van der Waals surface area contributed by atoms with Crippen molar-refractivity contribution < 1.29 is 14.0 Å². The minimum absolute atomic E-state index is 0.0202. The summed E-state index contributed by atoms with van der Waals surface area (Å²) in [5, 5.41) is 0. The van der Waals surface area contributed by atoms with E-state index in [-0.39, 0.29) is 24.4 Å². The van der Waals surface area contributed by atoms with E-state index < -0.39 is 0 Å². The molecule has 0 unspecified atom stereocenters. The topological polar surface area (TPSA) is 57.0 Å². The number of rotatable bonds is 5. The van der Waals surface area contributed by atoms with Gasteiger partial charge in [-0.2, -0.15) is 0 Å². The first-order valence-corrected chi connectivity index (χ1v) is 9.15. The van der Waals surface area contributed by atoms with Gasteiger partial charge in [0.05, 0.1) is 24.4 Å². The summed E-state index contributed by atoms with van der Waals surface area (Å²) in [6, 6.07) is 3.95. The second kappa shape index (κ2) is 7.40. The number of carbonyl (C=O) groups excluding carboxylic acids is 2. The molecule has 2 amide bonds. The predicted octanol–water partition coefficient (Wildman–Crippen LogP) is 1.24. The van der Waals surface area contributed by atoms with Crippen LogP contribution in [0.15, 0.2) is 22.8 Å². The quantitative estimate of drug-likeness (QED) is 0.809. The van der Waals surface area contributed by atoms with Crippen LogP contribution >= 0.6 is 11.8 Å². The van der Waals surface area contributed by atoms with Crippen molar-refractivity contribution in [3.63, 3.8) is 0 Å². The monoisotopic (exact) mass is 337 g/mol. The lowest BCUT2D eigenvalue weighted by atomic mass is 10.0. The molecule has 1 aromatic rings. The van der Waals surface area contributed by atoms with Gasteiger partial charge < -0.3 is 19.1 Å². The summed E-state index contributed by atoms with van der Waals surface area (Å²) in [6.07, 6.45) is 3.56. The standard InChI is InChI=1S/C16H23N3O3S/c1-17-6-4-13(5-7-17)19(9-14-3-2-8-22-14)15(20)10-18-12-23-11-16(18)21/h2-3,8,13H,4-7,9-12H2,1H3. The van der Waals surface area contributed by atoms with Crippen molar-refractivity contribution >= 4 is 23.6 Å². The molecular weight excluding hydrogens is 314 g/mol. The number of amides is 2. The molecule has 0 aromatic carbocycles. The van der Waals surface area contributed by atoms with E-state index in [4.69, 9.17) is 4.42 Å². The van der Waals surface area contributed by atoms with Crippen LogP contribution in [0.5, 0.6) is 0 Å².